The fourth-order valence-electron chi connectivity index (χ4n) is 1.37. The molecule has 0 aromatic carbocycles. The van der Waals surface area contributed by atoms with Crippen LogP contribution in [-0.4, -0.2) is 0 Å². The fraction of sp³-hybridized carbons (Fsp3) is 0.273. The van der Waals surface area contributed by atoms with Crippen LogP contribution in [-0.2, 0) is 0 Å². The van der Waals surface area contributed by atoms with Crippen molar-refractivity contribution in [2.75, 3.05) is 0 Å². The number of halogens is 2. The lowest BCUT2D eigenvalue weighted by molar-refractivity contribution is 1.19. The van der Waals surface area contributed by atoms with Crippen molar-refractivity contribution >= 4 is 45.9 Å². The van der Waals surface area contributed by atoms with E-state index in [2.05, 4.69) is 24.4 Å². The molecule has 0 radical (unpaired) electrons. The van der Waals surface area contributed by atoms with Gasteiger partial charge in [0.05, 0.1) is 9.71 Å². The van der Waals surface area contributed by atoms with E-state index in [0.717, 1.165) is 20.3 Å². The van der Waals surface area contributed by atoms with E-state index in [4.69, 9.17) is 23.2 Å². The van der Waals surface area contributed by atoms with E-state index >= 15 is 0 Å². The summed E-state index contributed by atoms with van der Waals surface area (Å²) in [4.78, 5) is 2.41. The molecular formula is C11H10Cl2S2. The SMILES string of the molecule is Cc1cc(C(Cl)c2cc(C)c(Cl)s2)cs1. The molecule has 2 aromatic rings. The number of alkyl halides is 1. The second kappa shape index (κ2) is 4.46. The van der Waals surface area contributed by atoms with Crippen LogP contribution in [0.2, 0.25) is 4.34 Å². The monoisotopic (exact) mass is 276 g/mol. The van der Waals surface area contributed by atoms with E-state index in [-0.39, 0.29) is 5.38 Å². The van der Waals surface area contributed by atoms with Gasteiger partial charge in [-0.2, -0.15) is 0 Å². The van der Waals surface area contributed by atoms with Gasteiger partial charge in [-0.1, -0.05) is 11.6 Å². The molecule has 1 atom stereocenters. The largest absolute Gasteiger partial charge is 0.149 e. The number of thiophene rings is 2. The van der Waals surface area contributed by atoms with Gasteiger partial charge >= 0.3 is 0 Å². The number of aryl methyl sites for hydroxylation is 2. The van der Waals surface area contributed by atoms with Gasteiger partial charge in [0.15, 0.2) is 0 Å². The Morgan fingerprint density at radius 2 is 2.00 bits per heavy atom. The summed E-state index contributed by atoms with van der Waals surface area (Å²) in [6, 6.07) is 4.20. The van der Waals surface area contributed by atoms with Crippen molar-refractivity contribution in [3.63, 3.8) is 0 Å². The van der Waals surface area contributed by atoms with Crippen molar-refractivity contribution in [3.05, 3.63) is 42.7 Å². The van der Waals surface area contributed by atoms with Gasteiger partial charge in [-0.3, -0.25) is 0 Å². The number of hydrogen-bond donors (Lipinski definition) is 0. The predicted octanol–water partition coefficient (Wildman–Crippen LogP) is 5.41. The Kier molecular flexibility index (Phi) is 3.41. The quantitative estimate of drug-likeness (QED) is 0.644. The summed E-state index contributed by atoms with van der Waals surface area (Å²) in [5.74, 6) is 0. The van der Waals surface area contributed by atoms with Crippen molar-refractivity contribution in [2.45, 2.75) is 19.2 Å². The lowest BCUT2D eigenvalue weighted by Crippen LogP contribution is -1.86. The van der Waals surface area contributed by atoms with Crippen LogP contribution in [0.3, 0.4) is 0 Å². The Labute approximate surface area is 107 Å². The van der Waals surface area contributed by atoms with Crippen LogP contribution in [0.4, 0.5) is 0 Å². The molecular weight excluding hydrogens is 267 g/mol. The molecule has 0 nitrogen and oxygen atoms in total. The molecule has 2 rings (SSSR count). The summed E-state index contributed by atoms with van der Waals surface area (Å²) in [6.07, 6.45) is 0. The second-order valence-electron chi connectivity index (χ2n) is 3.46. The first kappa shape index (κ1) is 11.5. The van der Waals surface area contributed by atoms with Crippen molar-refractivity contribution < 1.29 is 0 Å². The summed E-state index contributed by atoms with van der Waals surface area (Å²) in [5, 5.41) is 2.04. The Morgan fingerprint density at radius 3 is 2.47 bits per heavy atom. The smallest absolute Gasteiger partial charge is 0.0960 e. The first-order valence-electron chi connectivity index (χ1n) is 4.53. The Hall–Kier alpha value is -0.0200. The van der Waals surface area contributed by atoms with Crippen LogP contribution in [0.15, 0.2) is 17.5 Å². The van der Waals surface area contributed by atoms with E-state index in [9.17, 15) is 0 Å². The van der Waals surface area contributed by atoms with Crippen LogP contribution in [0.25, 0.3) is 0 Å². The normalized spacial score (nSPS) is 13.1. The second-order valence-corrected chi connectivity index (χ2v) is 6.70. The first-order valence-corrected chi connectivity index (χ1v) is 7.04. The molecule has 80 valence electrons. The summed E-state index contributed by atoms with van der Waals surface area (Å²) in [7, 11) is 0. The van der Waals surface area contributed by atoms with Crippen molar-refractivity contribution in [1.82, 2.24) is 0 Å². The molecule has 0 saturated heterocycles. The minimum Gasteiger partial charge on any atom is -0.149 e. The van der Waals surface area contributed by atoms with Gasteiger partial charge in [-0.15, -0.1) is 34.3 Å². The minimum atomic E-state index is -0.0638. The molecule has 0 amide bonds. The highest BCUT2D eigenvalue weighted by molar-refractivity contribution is 7.16. The fourth-order valence-corrected chi connectivity index (χ4v) is 3.72. The summed E-state index contributed by atoms with van der Waals surface area (Å²) < 4.78 is 0.836. The average molecular weight is 277 g/mol. The Morgan fingerprint density at radius 1 is 1.27 bits per heavy atom. The van der Waals surface area contributed by atoms with Gasteiger partial charge in [0.1, 0.15) is 0 Å². The highest BCUT2D eigenvalue weighted by atomic mass is 35.5. The maximum absolute atomic E-state index is 6.39. The third-order valence-corrected chi connectivity index (χ3v) is 5.29. The van der Waals surface area contributed by atoms with Crippen LogP contribution in [0.5, 0.6) is 0 Å². The highest BCUT2D eigenvalue weighted by Gasteiger charge is 2.15. The van der Waals surface area contributed by atoms with Gasteiger partial charge in [-0.05, 0) is 42.5 Å². The van der Waals surface area contributed by atoms with Gasteiger partial charge in [0.2, 0.25) is 0 Å². The molecule has 0 aliphatic rings. The third kappa shape index (κ3) is 2.39. The lowest BCUT2D eigenvalue weighted by atomic mass is 10.2. The number of hydrogen-bond acceptors (Lipinski definition) is 2. The lowest BCUT2D eigenvalue weighted by Gasteiger charge is -2.03. The Balaban J connectivity index is 2.31. The van der Waals surface area contributed by atoms with Crippen LogP contribution in [0.1, 0.15) is 26.3 Å². The number of rotatable bonds is 2. The molecule has 0 spiro atoms. The zero-order chi connectivity index (χ0) is 11.0. The molecule has 2 aromatic heterocycles. The molecule has 0 aliphatic carbocycles. The molecule has 2 heterocycles. The van der Waals surface area contributed by atoms with Gasteiger partial charge in [-0.25, -0.2) is 0 Å². The highest BCUT2D eigenvalue weighted by Crippen LogP contribution is 2.38. The average Bonchev–Trinajstić information content (AvgIpc) is 2.74. The van der Waals surface area contributed by atoms with E-state index < -0.39 is 0 Å². The summed E-state index contributed by atoms with van der Waals surface area (Å²) in [6.45, 7) is 4.09. The van der Waals surface area contributed by atoms with Crippen molar-refractivity contribution in [2.24, 2.45) is 0 Å². The van der Waals surface area contributed by atoms with E-state index in [0.29, 0.717) is 0 Å². The molecule has 1 unspecified atom stereocenters. The van der Waals surface area contributed by atoms with Crippen molar-refractivity contribution in [1.29, 1.82) is 0 Å². The van der Waals surface area contributed by atoms with Crippen LogP contribution >= 0.6 is 45.9 Å². The zero-order valence-electron chi connectivity index (χ0n) is 8.38. The van der Waals surface area contributed by atoms with E-state index in [1.54, 1.807) is 22.7 Å². The summed E-state index contributed by atoms with van der Waals surface area (Å²) >= 11 is 15.7. The first-order chi connectivity index (χ1) is 7.08. The topological polar surface area (TPSA) is 0 Å². The standard InChI is InChI=1S/C11H10Cl2S2/c1-6-3-9(15-11(6)13)10(12)8-4-7(2)14-5-8/h3-5,10H,1-2H3. The molecule has 0 bridgehead atoms. The zero-order valence-corrected chi connectivity index (χ0v) is 11.5. The maximum atomic E-state index is 6.39. The molecule has 4 heteroatoms. The van der Waals surface area contributed by atoms with E-state index in [1.807, 2.05) is 6.92 Å². The molecule has 0 aliphatic heterocycles. The van der Waals surface area contributed by atoms with Crippen LogP contribution in [0, 0.1) is 13.8 Å². The van der Waals surface area contributed by atoms with Gasteiger partial charge < -0.3 is 0 Å². The van der Waals surface area contributed by atoms with Gasteiger partial charge in [0, 0.05) is 9.75 Å². The van der Waals surface area contributed by atoms with Crippen molar-refractivity contribution in [3.8, 4) is 0 Å². The molecule has 0 saturated carbocycles. The third-order valence-electron chi connectivity index (χ3n) is 2.17. The Bertz CT molecular complexity index is 451. The molecule has 0 N–H and O–H groups in total. The predicted molar refractivity (Wildman–Crippen MR) is 70.8 cm³/mol. The maximum Gasteiger partial charge on any atom is 0.0960 e. The van der Waals surface area contributed by atoms with Crippen LogP contribution < -0.4 is 0 Å². The van der Waals surface area contributed by atoms with Gasteiger partial charge in [0.25, 0.3) is 0 Å². The molecule has 0 fully saturated rings. The van der Waals surface area contributed by atoms with E-state index in [1.165, 1.54) is 4.88 Å². The summed E-state index contributed by atoms with van der Waals surface area (Å²) in [5.41, 5.74) is 2.27. The minimum absolute atomic E-state index is 0.0638. The molecule has 15 heavy (non-hydrogen) atoms.